The zero-order chi connectivity index (χ0) is 6.62. The van der Waals surface area contributed by atoms with Crippen LogP contribution in [0.4, 0.5) is 0 Å². The lowest BCUT2D eigenvalue weighted by Gasteiger charge is -1.86. The van der Waals surface area contributed by atoms with Crippen molar-refractivity contribution in [3.05, 3.63) is 0 Å². The van der Waals surface area contributed by atoms with Crippen LogP contribution in [0, 0.1) is 11.7 Å². The average Bonchev–Trinajstić information content (AvgIpc) is 1.67. The molecule has 0 aromatic carbocycles. The maximum atomic E-state index is 10.2. The van der Waals surface area contributed by atoms with E-state index in [0.29, 0.717) is 0 Å². The van der Waals surface area contributed by atoms with Gasteiger partial charge >= 0.3 is 0 Å². The van der Waals surface area contributed by atoms with Gasteiger partial charge in [0.05, 0.1) is 12.4 Å². The second kappa shape index (κ2) is 2.70. The van der Waals surface area contributed by atoms with Gasteiger partial charge in [-0.15, -0.1) is 6.42 Å². The molecule has 0 fully saturated rings. The third-order valence-electron chi connectivity index (χ3n) is 0.540. The molecule has 0 amide bonds. The lowest BCUT2D eigenvalue weighted by molar-refractivity contribution is 0.320. The molecule has 0 radical (unpaired) electrons. The lowest BCUT2D eigenvalue weighted by Crippen LogP contribution is -2.05. The number of hydrogen-bond donors (Lipinski definition) is 1. The first-order valence-electron chi connectivity index (χ1n) is 1.93. The van der Waals surface area contributed by atoms with Crippen molar-refractivity contribution in [3.63, 3.8) is 0 Å². The second-order valence-corrected chi connectivity index (χ2v) is 3.03. The quantitative estimate of drug-likeness (QED) is 0.388. The summed E-state index contributed by atoms with van der Waals surface area (Å²) in [6.07, 6.45) is 4.54. The highest BCUT2D eigenvalue weighted by Gasteiger charge is 2.01. The molecule has 0 spiro atoms. The van der Waals surface area contributed by atoms with Crippen molar-refractivity contribution in [3.8, 4) is 11.7 Å². The molecule has 0 aliphatic heterocycles. The number of aliphatic hydroxyl groups excluding tert-OH is 1. The van der Waals surface area contributed by atoms with Crippen LogP contribution in [0.1, 0.15) is 0 Å². The minimum atomic E-state index is -3.39. The van der Waals surface area contributed by atoms with Crippen molar-refractivity contribution < 1.29 is 13.5 Å². The normalized spacial score (nSPS) is 10.5. The van der Waals surface area contributed by atoms with Gasteiger partial charge in [-0.05, 0) is 0 Å². The topological polar surface area (TPSA) is 54.4 Å². The van der Waals surface area contributed by atoms with Crippen LogP contribution in [0.5, 0.6) is 0 Å². The first-order valence-corrected chi connectivity index (χ1v) is 3.58. The fourth-order valence-electron chi connectivity index (χ4n) is 0.179. The van der Waals surface area contributed by atoms with Gasteiger partial charge in [0, 0.05) is 5.25 Å². The van der Waals surface area contributed by atoms with E-state index >= 15 is 0 Å². The fraction of sp³-hybridized carbons (Fsp3) is 0.500. The summed E-state index contributed by atoms with van der Waals surface area (Å²) in [4.78, 5) is 0. The molecule has 0 rings (SSSR count). The molecule has 0 aliphatic rings. The summed E-state index contributed by atoms with van der Waals surface area (Å²) in [6, 6.07) is 0. The van der Waals surface area contributed by atoms with Crippen LogP contribution in [0.15, 0.2) is 0 Å². The van der Waals surface area contributed by atoms with E-state index in [1.165, 1.54) is 0 Å². The Kier molecular flexibility index (Phi) is 2.52. The molecule has 1 N–H and O–H groups in total. The van der Waals surface area contributed by atoms with Crippen molar-refractivity contribution in [2.75, 3.05) is 12.4 Å². The molecule has 0 saturated carbocycles. The zero-order valence-corrected chi connectivity index (χ0v) is 4.98. The van der Waals surface area contributed by atoms with Crippen LogP contribution in [0.3, 0.4) is 0 Å². The molecule has 8 heavy (non-hydrogen) atoms. The summed E-state index contributed by atoms with van der Waals surface area (Å²) in [5, 5.41) is 9.61. The zero-order valence-electron chi connectivity index (χ0n) is 4.16. The van der Waals surface area contributed by atoms with Gasteiger partial charge in [-0.1, -0.05) is 0 Å². The molecule has 0 aromatic heterocycles. The highest BCUT2D eigenvalue weighted by atomic mass is 32.2. The molecule has 0 bridgehead atoms. The molecule has 3 nitrogen and oxygen atoms in total. The maximum absolute atomic E-state index is 10.2. The first-order chi connectivity index (χ1) is 3.62. The molecule has 0 saturated heterocycles. The average molecular weight is 134 g/mol. The largest absolute Gasteiger partial charge is 0.395 e. The van der Waals surface area contributed by atoms with Gasteiger partial charge < -0.3 is 5.11 Å². The highest BCUT2D eigenvalue weighted by molar-refractivity contribution is 7.96. The van der Waals surface area contributed by atoms with E-state index < -0.39 is 16.4 Å². The SMILES string of the molecule is C#CS(=O)(=O)CCO. The van der Waals surface area contributed by atoms with E-state index in [0.717, 1.165) is 0 Å². The Bertz CT molecular complexity index is 184. The van der Waals surface area contributed by atoms with E-state index in [-0.39, 0.29) is 5.75 Å². The fourth-order valence-corrected chi connectivity index (χ4v) is 0.537. The van der Waals surface area contributed by atoms with Crippen LogP contribution in [0.2, 0.25) is 0 Å². The van der Waals surface area contributed by atoms with E-state index in [4.69, 9.17) is 5.11 Å². The number of rotatable bonds is 2. The summed E-state index contributed by atoms with van der Waals surface area (Å²) < 4.78 is 20.4. The van der Waals surface area contributed by atoms with Crippen LogP contribution in [-0.4, -0.2) is 25.9 Å². The van der Waals surface area contributed by atoms with Crippen LogP contribution < -0.4 is 0 Å². The van der Waals surface area contributed by atoms with Crippen molar-refractivity contribution in [1.29, 1.82) is 0 Å². The molecule has 0 heterocycles. The predicted molar refractivity (Wildman–Crippen MR) is 29.7 cm³/mol. The van der Waals surface area contributed by atoms with E-state index in [9.17, 15) is 8.42 Å². The van der Waals surface area contributed by atoms with Crippen molar-refractivity contribution in [2.45, 2.75) is 0 Å². The Morgan fingerprint density at radius 3 is 2.25 bits per heavy atom. The van der Waals surface area contributed by atoms with Crippen LogP contribution >= 0.6 is 0 Å². The van der Waals surface area contributed by atoms with Crippen molar-refractivity contribution in [2.24, 2.45) is 0 Å². The molecule has 0 unspecified atom stereocenters. The summed E-state index contributed by atoms with van der Waals surface area (Å²) in [6.45, 7) is -0.410. The number of aliphatic hydroxyl groups is 1. The summed E-state index contributed by atoms with van der Waals surface area (Å²) >= 11 is 0. The van der Waals surface area contributed by atoms with E-state index in [1.807, 2.05) is 0 Å². The van der Waals surface area contributed by atoms with Gasteiger partial charge in [0.15, 0.2) is 0 Å². The van der Waals surface area contributed by atoms with Crippen LogP contribution in [0.25, 0.3) is 0 Å². The predicted octanol–water partition coefficient (Wildman–Crippen LogP) is -1.02. The van der Waals surface area contributed by atoms with Crippen LogP contribution in [-0.2, 0) is 9.84 Å². The van der Waals surface area contributed by atoms with Gasteiger partial charge in [-0.25, -0.2) is 8.42 Å². The second-order valence-electron chi connectivity index (χ2n) is 1.16. The first kappa shape index (κ1) is 7.47. The van der Waals surface area contributed by atoms with E-state index in [1.54, 1.807) is 5.25 Å². The monoisotopic (exact) mass is 134 g/mol. The molecule has 0 atom stereocenters. The Hall–Kier alpha value is -0.530. The molecule has 46 valence electrons. The van der Waals surface area contributed by atoms with Gasteiger partial charge in [-0.3, -0.25) is 0 Å². The van der Waals surface area contributed by atoms with Gasteiger partial charge in [-0.2, -0.15) is 0 Å². The Balaban J connectivity index is 4.02. The summed E-state index contributed by atoms with van der Waals surface area (Å²) in [5.74, 6) is -0.344. The molecular weight excluding hydrogens is 128 g/mol. The Morgan fingerprint density at radius 2 is 2.12 bits per heavy atom. The van der Waals surface area contributed by atoms with Gasteiger partial charge in [0.25, 0.3) is 0 Å². The number of hydrogen-bond acceptors (Lipinski definition) is 3. The molecule has 0 aromatic rings. The minimum absolute atomic E-state index is 0.344. The smallest absolute Gasteiger partial charge is 0.218 e. The van der Waals surface area contributed by atoms with E-state index in [2.05, 4.69) is 6.42 Å². The molecule has 0 aliphatic carbocycles. The minimum Gasteiger partial charge on any atom is -0.395 e. The molecule has 4 heteroatoms. The van der Waals surface area contributed by atoms with Gasteiger partial charge in [0.1, 0.15) is 0 Å². The lowest BCUT2D eigenvalue weighted by atomic mass is 10.9. The Labute approximate surface area is 48.3 Å². The standard InChI is InChI=1S/C4H6O3S/c1-2-8(6,7)4-3-5/h1,5H,3-4H2. The third-order valence-corrected chi connectivity index (χ3v) is 1.62. The number of sulfone groups is 1. The Morgan fingerprint density at radius 1 is 1.62 bits per heavy atom. The summed E-state index contributed by atoms with van der Waals surface area (Å²) in [5.41, 5.74) is 0. The van der Waals surface area contributed by atoms with Gasteiger partial charge in [0.2, 0.25) is 9.84 Å². The third kappa shape index (κ3) is 2.61. The molecular formula is C4H6O3S. The van der Waals surface area contributed by atoms with Crippen molar-refractivity contribution in [1.82, 2.24) is 0 Å². The highest BCUT2D eigenvalue weighted by Crippen LogP contribution is 1.81. The summed E-state index contributed by atoms with van der Waals surface area (Å²) in [7, 11) is -3.39. The number of terminal acetylenes is 1. The maximum Gasteiger partial charge on any atom is 0.218 e. The van der Waals surface area contributed by atoms with Crippen molar-refractivity contribution >= 4 is 9.84 Å².